The van der Waals surface area contributed by atoms with Crippen molar-refractivity contribution in [1.29, 1.82) is 0 Å². The second-order valence-corrected chi connectivity index (χ2v) is 5.47. The summed E-state index contributed by atoms with van der Waals surface area (Å²) in [5.41, 5.74) is 1.77. The number of ether oxygens (including phenoxy) is 2. The number of carbonyl (C=O) groups excluding carboxylic acids is 1. The lowest BCUT2D eigenvalue weighted by Gasteiger charge is -2.23. The van der Waals surface area contributed by atoms with Crippen molar-refractivity contribution in [3.05, 3.63) is 70.7 Å². The van der Waals surface area contributed by atoms with Gasteiger partial charge in [0, 0.05) is 17.7 Å². The molecule has 0 aliphatic carbocycles. The Kier molecular flexibility index (Phi) is 4.32. The van der Waals surface area contributed by atoms with E-state index in [1.165, 1.54) is 0 Å². The molecule has 22 heavy (non-hydrogen) atoms. The molecule has 0 aromatic heterocycles. The van der Waals surface area contributed by atoms with E-state index < -0.39 is 18.4 Å². The molecule has 1 fully saturated rings. The quantitative estimate of drug-likeness (QED) is 0.855. The SMILES string of the molecule is COC1C(c2ccccc2Cl)OC(=O)N1Cc1ccccc1. The van der Waals surface area contributed by atoms with Crippen molar-refractivity contribution in [2.75, 3.05) is 7.11 Å². The van der Waals surface area contributed by atoms with Gasteiger partial charge >= 0.3 is 6.09 Å². The van der Waals surface area contributed by atoms with Crippen LogP contribution in [0.1, 0.15) is 17.2 Å². The normalized spacial score (nSPS) is 21.0. The van der Waals surface area contributed by atoms with Gasteiger partial charge in [-0.15, -0.1) is 0 Å². The van der Waals surface area contributed by atoms with Crippen molar-refractivity contribution in [1.82, 2.24) is 4.90 Å². The van der Waals surface area contributed by atoms with Crippen molar-refractivity contribution in [2.24, 2.45) is 0 Å². The van der Waals surface area contributed by atoms with Crippen LogP contribution in [0.4, 0.5) is 4.79 Å². The molecule has 0 bridgehead atoms. The molecule has 4 nitrogen and oxygen atoms in total. The van der Waals surface area contributed by atoms with Gasteiger partial charge < -0.3 is 9.47 Å². The number of benzene rings is 2. The molecule has 1 saturated heterocycles. The van der Waals surface area contributed by atoms with Gasteiger partial charge in [0.15, 0.2) is 12.3 Å². The van der Waals surface area contributed by atoms with Crippen molar-refractivity contribution in [3.63, 3.8) is 0 Å². The zero-order valence-corrected chi connectivity index (χ0v) is 12.9. The molecule has 2 aromatic rings. The van der Waals surface area contributed by atoms with E-state index in [2.05, 4.69) is 0 Å². The molecule has 1 heterocycles. The Labute approximate surface area is 134 Å². The fourth-order valence-corrected chi connectivity index (χ4v) is 2.85. The minimum atomic E-state index is -0.532. The Morgan fingerprint density at radius 2 is 1.82 bits per heavy atom. The molecule has 0 N–H and O–H groups in total. The standard InChI is InChI=1S/C17H16ClNO3/c1-21-16-15(13-9-5-6-10-14(13)18)22-17(20)19(16)11-12-7-3-2-4-8-12/h2-10,15-16H,11H2,1H3. The van der Waals surface area contributed by atoms with Crippen molar-refractivity contribution in [3.8, 4) is 0 Å². The van der Waals surface area contributed by atoms with Crippen molar-refractivity contribution < 1.29 is 14.3 Å². The minimum Gasteiger partial charge on any atom is -0.436 e. The maximum absolute atomic E-state index is 12.2. The molecular formula is C17H16ClNO3. The maximum atomic E-state index is 12.2. The molecule has 3 rings (SSSR count). The number of halogens is 1. The van der Waals surface area contributed by atoms with E-state index in [0.717, 1.165) is 11.1 Å². The predicted molar refractivity (Wildman–Crippen MR) is 83.5 cm³/mol. The molecule has 2 atom stereocenters. The van der Waals surface area contributed by atoms with Gasteiger partial charge in [0.1, 0.15) is 0 Å². The van der Waals surface area contributed by atoms with E-state index in [0.29, 0.717) is 11.6 Å². The van der Waals surface area contributed by atoms with Gasteiger partial charge in [-0.1, -0.05) is 60.1 Å². The Morgan fingerprint density at radius 1 is 1.14 bits per heavy atom. The first-order chi connectivity index (χ1) is 10.7. The number of rotatable bonds is 4. The second-order valence-electron chi connectivity index (χ2n) is 5.07. The number of methoxy groups -OCH3 is 1. The van der Waals surface area contributed by atoms with Crippen LogP contribution in [-0.4, -0.2) is 24.3 Å². The van der Waals surface area contributed by atoms with Crippen LogP contribution in [0.2, 0.25) is 5.02 Å². The predicted octanol–water partition coefficient (Wildman–Crippen LogP) is 4.01. The molecule has 2 unspecified atom stereocenters. The zero-order chi connectivity index (χ0) is 15.5. The first-order valence-electron chi connectivity index (χ1n) is 6.99. The summed E-state index contributed by atoms with van der Waals surface area (Å²) >= 11 is 6.22. The van der Waals surface area contributed by atoms with Crippen LogP contribution in [-0.2, 0) is 16.0 Å². The highest BCUT2D eigenvalue weighted by Crippen LogP contribution is 2.37. The zero-order valence-electron chi connectivity index (χ0n) is 12.1. The Morgan fingerprint density at radius 3 is 2.50 bits per heavy atom. The van der Waals surface area contributed by atoms with Gasteiger partial charge in [-0.2, -0.15) is 0 Å². The van der Waals surface area contributed by atoms with Gasteiger partial charge in [0.05, 0.1) is 6.54 Å². The third kappa shape index (κ3) is 2.80. The number of hydrogen-bond acceptors (Lipinski definition) is 3. The molecule has 0 saturated carbocycles. The van der Waals surface area contributed by atoms with E-state index in [1.807, 2.05) is 48.5 Å². The molecule has 2 aromatic carbocycles. The molecule has 1 amide bonds. The largest absolute Gasteiger partial charge is 0.436 e. The first kappa shape index (κ1) is 14.9. The van der Waals surface area contributed by atoms with Gasteiger partial charge in [-0.25, -0.2) is 4.79 Å². The summed E-state index contributed by atoms with van der Waals surface area (Å²) in [6.07, 6.45) is -1.44. The smallest absolute Gasteiger partial charge is 0.413 e. The lowest BCUT2D eigenvalue weighted by atomic mass is 10.1. The van der Waals surface area contributed by atoms with Gasteiger partial charge in [-0.05, 0) is 11.6 Å². The monoisotopic (exact) mass is 317 g/mol. The molecule has 114 valence electrons. The summed E-state index contributed by atoms with van der Waals surface area (Å²) in [6.45, 7) is 0.430. The average Bonchev–Trinajstić information content (AvgIpc) is 2.85. The Bertz CT molecular complexity index is 662. The summed E-state index contributed by atoms with van der Waals surface area (Å²) in [5.74, 6) is 0. The highest BCUT2D eigenvalue weighted by atomic mass is 35.5. The van der Waals surface area contributed by atoms with Gasteiger partial charge in [-0.3, -0.25) is 4.90 Å². The highest BCUT2D eigenvalue weighted by molar-refractivity contribution is 6.31. The molecule has 0 radical (unpaired) electrons. The Hall–Kier alpha value is -2.04. The number of nitrogens with zero attached hydrogens (tertiary/aromatic N) is 1. The van der Waals surface area contributed by atoms with Crippen LogP contribution in [0.5, 0.6) is 0 Å². The van der Waals surface area contributed by atoms with E-state index in [1.54, 1.807) is 18.1 Å². The van der Waals surface area contributed by atoms with Gasteiger partial charge in [0.2, 0.25) is 0 Å². The molecule has 0 spiro atoms. The third-order valence-electron chi connectivity index (χ3n) is 3.68. The molecule has 5 heteroatoms. The number of amides is 1. The third-order valence-corrected chi connectivity index (χ3v) is 4.02. The molecule has 1 aliphatic rings. The summed E-state index contributed by atoms with van der Waals surface area (Å²) in [6, 6.07) is 17.1. The highest BCUT2D eigenvalue weighted by Gasteiger charge is 2.43. The van der Waals surface area contributed by atoms with Crippen molar-refractivity contribution in [2.45, 2.75) is 18.9 Å². The van der Waals surface area contributed by atoms with Crippen LogP contribution in [0, 0.1) is 0 Å². The van der Waals surface area contributed by atoms with Crippen LogP contribution >= 0.6 is 11.6 Å². The maximum Gasteiger partial charge on any atom is 0.413 e. The van der Waals surface area contributed by atoms with Crippen molar-refractivity contribution >= 4 is 17.7 Å². The van der Waals surface area contributed by atoms with E-state index in [4.69, 9.17) is 21.1 Å². The van der Waals surface area contributed by atoms with Crippen LogP contribution < -0.4 is 0 Å². The summed E-state index contributed by atoms with van der Waals surface area (Å²) in [5, 5.41) is 0.559. The van der Waals surface area contributed by atoms with E-state index >= 15 is 0 Å². The number of hydrogen-bond donors (Lipinski definition) is 0. The molecular weight excluding hydrogens is 302 g/mol. The van der Waals surface area contributed by atoms with Crippen LogP contribution in [0.15, 0.2) is 54.6 Å². The fraction of sp³-hybridized carbons (Fsp3) is 0.235. The second kappa shape index (κ2) is 6.38. The minimum absolute atomic E-state index is 0.402. The summed E-state index contributed by atoms with van der Waals surface area (Å²) in [7, 11) is 1.56. The van der Waals surface area contributed by atoms with Crippen LogP contribution in [0.25, 0.3) is 0 Å². The lowest BCUT2D eigenvalue weighted by molar-refractivity contribution is -0.0267. The summed E-state index contributed by atoms with van der Waals surface area (Å²) < 4.78 is 11.0. The van der Waals surface area contributed by atoms with Gasteiger partial charge in [0.25, 0.3) is 0 Å². The van der Waals surface area contributed by atoms with E-state index in [9.17, 15) is 4.79 Å². The Balaban J connectivity index is 1.87. The molecule has 1 aliphatic heterocycles. The summed E-state index contributed by atoms with van der Waals surface area (Å²) in [4.78, 5) is 13.8. The topological polar surface area (TPSA) is 38.8 Å². The first-order valence-corrected chi connectivity index (χ1v) is 7.37. The average molecular weight is 318 g/mol. The lowest BCUT2D eigenvalue weighted by Crippen LogP contribution is -2.35. The fourth-order valence-electron chi connectivity index (χ4n) is 2.61. The number of cyclic esters (lactones) is 1. The van der Waals surface area contributed by atoms with E-state index in [-0.39, 0.29) is 0 Å². The van der Waals surface area contributed by atoms with Crippen LogP contribution in [0.3, 0.4) is 0 Å². The number of carbonyl (C=O) groups is 1.